The predicted molar refractivity (Wildman–Crippen MR) is 60.7 cm³/mol. The van der Waals surface area contributed by atoms with Crippen molar-refractivity contribution >= 4 is 33.3 Å². The van der Waals surface area contributed by atoms with Crippen LogP contribution >= 0.6 is 27.3 Å². The molecular weight excluding hydrogens is 260 g/mol. The highest BCUT2D eigenvalue weighted by Crippen LogP contribution is 2.33. The lowest BCUT2D eigenvalue weighted by Gasteiger charge is -1.90. The van der Waals surface area contributed by atoms with E-state index in [-0.39, 0.29) is 5.57 Å². The minimum Gasteiger partial charge on any atom is -0.192 e. The van der Waals surface area contributed by atoms with E-state index in [9.17, 15) is 0 Å². The van der Waals surface area contributed by atoms with Crippen molar-refractivity contribution in [1.29, 1.82) is 10.5 Å². The molecule has 0 saturated heterocycles. The van der Waals surface area contributed by atoms with Crippen molar-refractivity contribution < 1.29 is 0 Å². The molecule has 70 valence electrons. The van der Waals surface area contributed by atoms with Gasteiger partial charge in [0.25, 0.3) is 0 Å². The summed E-state index contributed by atoms with van der Waals surface area (Å²) in [4.78, 5) is 0.965. The fourth-order valence-electron chi connectivity index (χ4n) is 0.940. The smallest absolute Gasteiger partial charge is 0.131 e. The second-order valence-electron chi connectivity index (χ2n) is 2.77. The highest BCUT2D eigenvalue weighted by atomic mass is 79.9. The lowest BCUT2D eigenvalue weighted by Crippen LogP contribution is -1.76. The molecule has 0 aliphatic rings. The minimum absolute atomic E-state index is 0.141. The third-order valence-electron chi connectivity index (χ3n) is 1.94. The molecule has 0 aliphatic carbocycles. The summed E-state index contributed by atoms with van der Waals surface area (Å²) in [6.07, 6.45) is 1.62. The van der Waals surface area contributed by atoms with E-state index in [4.69, 9.17) is 10.5 Å². The van der Waals surface area contributed by atoms with Crippen LogP contribution in [0.2, 0.25) is 0 Å². The fraction of sp³-hybridized carbons (Fsp3) is 0.200. The van der Waals surface area contributed by atoms with Crippen LogP contribution < -0.4 is 0 Å². The summed E-state index contributed by atoms with van der Waals surface area (Å²) in [6, 6.07) is 3.70. The maximum Gasteiger partial charge on any atom is 0.131 e. The topological polar surface area (TPSA) is 47.6 Å². The molecule has 0 aliphatic heterocycles. The Morgan fingerprint density at radius 1 is 1.29 bits per heavy atom. The van der Waals surface area contributed by atoms with E-state index in [2.05, 4.69) is 15.9 Å². The maximum absolute atomic E-state index is 8.61. The molecule has 0 N–H and O–H groups in total. The summed E-state index contributed by atoms with van der Waals surface area (Å²) in [6.45, 7) is 3.99. The van der Waals surface area contributed by atoms with Crippen LogP contribution in [0.15, 0.2) is 9.36 Å². The van der Waals surface area contributed by atoms with Crippen molar-refractivity contribution in [2.24, 2.45) is 0 Å². The molecule has 0 saturated carbocycles. The van der Waals surface area contributed by atoms with Gasteiger partial charge >= 0.3 is 0 Å². The predicted octanol–water partition coefficient (Wildman–Crippen LogP) is 3.56. The van der Waals surface area contributed by atoms with E-state index in [1.165, 1.54) is 11.3 Å². The molecule has 0 spiro atoms. The van der Waals surface area contributed by atoms with E-state index in [0.717, 1.165) is 19.8 Å². The van der Waals surface area contributed by atoms with Gasteiger partial charge in [-0.05, 0) is 47.0 Å². The molecule has 0 unspecified atom stereocenters. The Morgan fingerprint density at radius 3 is 2.21 bits per heavy atom. The molecule has 1 rings (SSSR count). The highest BCUT2D eigenvalue weighted by molar-refractivity contribution is 9.11. The lowest BCUT2D eigenvalue weighted by molar-refractivity contribution is 1.38. The number of rotatable bonds is 1. The third kappa shape index (κ3) is 2.04. The fourth-order valence-corrected chi connectivity index (χ4v) is 2.74. The Balaban J connectivity index is 3.25. The van der Waals surface area contributed by atoms with Crippen molar-refractivity contribution in [2.45, 2.75) is 13.8 Å². The molecule has 0 aromatic carbocycles. The SMILES string of the molecule is Cc1c(Br)sc(C=C(C#N)C#N)c1C. The molecule has 4 heteroatoms. The molecular formula is C10H7BrN2S. The zero-order chi connectivity index (χ0) is 10.7. The Bertz CT molecular complexity index is 456. The first-order valence-corrected chi connectivity index (χ1v) is 5.48. The Labute approximate surface area is 95.2 Å². The van der Waals surface area contributed by atoms with E-state index >= 15 is 0 Å². The quantitative estimate of drug-likeness (QED) is 0.730. The van der Waals surface area contributed by atoms with Gasteiger partial charge in [0, 0.05) is 4.88 Å². The summed E-state index contributed by atoms with van der Waals surface area (Å²) in [7, 11) is 0. The molecule has 0 fully saturated rings. The molecule has 0 atom stereocenters. The largest absolute Gasteiger partial charge is 0.192 e. The number of hydrogen-bond donors (Lipinski definition) is 0. The molecule has 1 aromatic rings. The third-order valence-corrected chi connectivity index (χ3v) is 4.15. The van der Waals surface area contributed by atoms with Crippen LogP contribution in [0.1, 0.15) is 16.0 Å². The van der Waals surface area contributed by atoms with Gasteiger partial charge in [-0.1, -0.05) is 0 Å². The first-order valence-electron chi connectivity index (χ1n) is 3.87. The first kappa shape index (κ1) is 11.0. The van der Waals surface area contributed by atoms with Gasteiger partial charge in [-0.15, -0.1) is 11.3 Å². The van der Waals surface area contributed by atoms with Crippen molar-refractivity contribution in [2.75, 3.05) is 0 Å². The van der Waals surface area contributed by atoms with Crippen molar-refractivity contribution in [3.05, 3.63) is 25.4 Å². The minimum atomic E-state index is 0.141. The van der Waals surface area contributed by atoms with Crippen molar-refractivity contribution in [3.8, 4) is 12.1 Å². The second kappa shape index (κ2) is 4.41. The average Bonchev–Trinajstić information content (AvgIpc) is 2.42. The molecule has 1 aromatic heterocycles. The van der Waals surface area contributed by atoms with Gasteiger partial charge in [-0.25, -0.2) is 0 Å². The summed E-state index contributed by atoms with van der Waals surface area (Å²) >= 11 is 4.96. The molecule has 0 amide bonds. The summed E-state index contributed by atoms with van der Waals surface area (Å²) in [5, 5.41) is 17.2. The Hall–Kier alpha value is -1.10. The van der Waals surface area contributed by atoms with Gasteiger partial charge in [-0.3, -0.25) is 0 Å². The van der Waals surface area contributed by atoms with Crippen molar-refractivity contribution in [1.82, 2.24) is 0 Å². The molecule has 0 bridgehead atoms. The van der Waals surface area contributed by atoms with E-state index in [1.807, 2.05) is 26.0 Å². The summed E-state index contributed by atoms with van der Waals surface area (Å²) in [5.41, 5.74) is 2.42. The number of nitrogens with zero attached hydrogens (tertiary/aromatic N) is 2. The first-order chi connectivity index (χ1) is 6.60. The molecule has 14 heavy (non-hydrogen) atoms. The van der Waals surface area contributed by atoms with E-state index < -0.39 is 0 Å². The number of nitriles is 2. The average molecular weight is 267 g/mol. The van der Waals surface area contributed by atoms with Crippen LogP contribution in [0.3, 0.4) is 0 Å². The normalized spacial score (nSPS) is 8.93. The van der Waals surface area contributed by atoms with Gasteiger partial charge < -0.3 is 0 Å². The number of hydrogen-bond acceptors (Lipinski definition) is 3. The highest BCUT2D eigenvalue weighted by Gasteiger charge is 2.08. The Morgan fingerprint density at radius 2 is 1.86 bits per heavy atom. The lowest BCUT2D eigenvalue weighted by atomic mass is 10.1. The van der Waals surface area contributed by atoms with Crippen molar-refractivity contribution in [3.63, 3.8) is 0 Å². The number of allylic oxidation sites excluding steroid dienone is 1. The standard InChI is InChI=1S/C10H7BrN2S/c1-6-7(2)10(11)14-9(6)3-8(4-12)5-13/h3H,1-2H3. The summed E-state index contributed by atoms with van der Waals surface area (Å²) in [5.74, 6) is 0. The van der Waals surface area contributed by atoms with Gasteiger partial charge in [0.2, 0.25) is 0 Å². The maximum atomic E-state index is 8.61. The van der Waals surface area contributed by atoms with Gasteiger partial charge in [0.05, 0.1) is 3.79 Å². The van der Waals surface area contributed by atoms with Crippen LogP contribution in [0, 0.1) is 36.5 Å². The monoisotopic (exact) mass is 266 g/mol. The van der Waals surface area contributed by atoms with Gasteiger partial charge in [-0.2, -0.15) is 10.5 Å². The summed E-state index contributed by atoms with van der Waals surface area (Å²) < 4.78 is 1.05. The van der Waals surface area contributed by atoms with Crippen LogP contribution in [-0.2, 0) is 0 Å². The van der Waals surface area contributed by atoms with Crippen LogP contribution in [0.5, 0.6) is 0 Å². The van der Waals surface area contributed by atoms with Crippen LogP contribution in [-0.4, -0.2) is 0 Å². The molecule has 1 heterocycles. The zero-order valence-electron chi connectivity index (χ0n) is 7.76. The molecule has 2 nitrogen and oxygen atoms in total. The zero-order valence-corrected chi connectivity index (χ0v) is 10.2. The molecule has 0 radical (unpaired) electrons. The van der Waals surface area contributed by atoms with Gasteiger partial charge in [0.15, 0.2) is 0 Å². The van der Waals surface area contributed by atoms with Gasteiger partial charge in [0.1, 0.15) is 17.7 Å². The second-order valence-corrected chi connectivity index (χ2v) is 5.14. The van der Waals surface area contributed by atoms with E-state index in [1.54, 1.807) is 6.08 Å². The van der Waals surface area contributed by atoms with Crippen LogP contribution in [0.4, 0.5) is 0 Å². The number of halogens is 1. The van der Waals surface area contributed by atoms with E-state index in [0.29, 0.717) is 0 Å². The number of thiophene rings is 1. The Kier molecular flexibility index (Phi) is 3.46. The van der Waals surface area contributed by atoms with Crippen LogP contribution in [0.25, 0.3) is 6.08 Å².